The fourth-order valence-corrected chi connectivity index (χ4v) is 5.00. The minimum absolute atomic E-state index is 0.179. The van der Waals surface area contributed by atoms with Crippen molar-refractivity contribution in [3.63, 3.8) is 0 Å². The molecule has 2 unspecified atom stereocenters. The number of thioether (sulfide) groups is 2. The first-order chi connectivity index (χ1) is 12.9. The summed E-state index contributed by atoms with van der Waals surface area (Å²) in [6.45, 7) is 6.00. The molecule has 5 nitrogen and oxygen atoms in total. The number of hydrogen-bond donors (Lipinski definition) is 0. The lowest BCUT2D eigenvalue weighted by molar-refractivity contribution is -0.142. The fourth-order valence-electron chi connectivity index (χ4n) is 2.86. The average Bonchev–Trinajstić information content (AvgIpc) is 3.02. The highest BCUT2D eigenvalue weighted by atomic mass is 32.2. The van der Waals surface area contributed by atoms with Gasteiger partial charge in [0.1, 0.15) is 11.1 Å². The van der Waals surface area contributed by atoms with Crippen LogP contribution in [0, 0.1) is 5.82 Å². The van der Waals surface area contributed by atoms with Gasteiger partial charge in [0.2, 0.25) is 0 Å². The molecule has 0 saturated heterocycles. The second kappa shape index (κ2) is 8.48. The summed E-state index contributed by atoms with van der Waals surface area (Å²) in [5.74, 6) is -0.704. The number of esters is 1. The second-order valence-corrected chi connectivity index (χ2v) is 8.81. The SMILES string of the molecule is CCOC(=O)C(CC)Sc1nc2c(c(=O)n1-c1ccc(F)cc1)SC(C)C2. The lowest BCUT2D eigenvalue weighted by Gasteiger charge is -2.17. The molecule has 1 aromatic carbocycles. The van der Waals surface area contributed by atoms with E-state index in [0.29, 0.717) is 35.2 Å². The van der Waals surface area contributed by atoms with Gasteiger partial charge >= 0.3 is 5.97 Å². The number of hydrogen-bond acceptors (Lipinski definition) is 6. The van der Waals surface area contributed by atoms with Crippen molar-refractivity contribution in [2.75, 3.05) is 6.61 Å². The molecule has 0 aliphatic carbocycles. The maximum absolute atomic E-state index is 13.4. The monoisotopic (exact) mass is 408 g/mol. The van der Waals surface area contributed by atoms with Crippen LogP contribution < -0.4 is 5.56 Å². The fraction of sp³-hybridized carbons (Fsp3) is 0.421. The quantitative estimate of drug-likeness (QED) is 0.411. The predicted octanol–water partition coefficient (Wildman–Crippen LogP) is 3.84. The molecule has 0 radical (unpaired) electrons. The Balaban J connectivity index is 2.10. The maximum Gasteiger partial charge on any atom is 0.319 e. The molecule has 2 aromatic rings. The van der Waals surface area contributed by atoms with Gasteiger partial charge in [0.15, 0.2) is 5.16 Å². The number of halogens is 1. The van der Waals surface area contributed by atoms with Crippen molar-refractivity contribution < 1.29 is 13.9 Å². The number of rotatable bonds is 6. The minimum Gasteiger partial charge on any atom is -0.465 e. The standard InChI is InChI=1S/C19H21FN2O3S2/c1-4-15(18(24)25-5-2)27-19-21-14-10-11(3)26-16(14)17(23)22(19)13-8-6-12(20)7-9-13/h6-9,11,15H,4-5,10H2,1-3H3. The van der Waals surface area contributed by atoms with E-state index in [9.17, 15) is 14.0 Å². The Hall–Kier alpha value is -1.80. The molecular weight excluding hydrogens is 387 g/mol. The summed E-state index contributed by atoms with van der Waals surface area (Å²) in [6.07, 6.45) is 1.26. The molecular formula is C19H21FN2O3S2. The molecule has 0 amide bonds. The largest absolute Gasteiger partial charge is 0.465 e. The summed E-state index contributed by atoms with van der Waals surface area (Å²) in [5.41, 5.74) is 1.11. The zero-order valence-corrected chi connectivity index (χ0v) is 17.0. The van der Waals surface area contributed by atoms with Gasteiger partial charge in [0, 0.05) is 11.7 Å². The van der Waals surface area contributed by atoms with E-state index < -0.39 is 5.25 Å². The Morgan fingerprint density at radius 3 is 2.74 bits per heavy atom. The van der Waals surface area contributed by atoms with Gasteiger partial charge in [-0.05, 0) is 37.6 Å². The third-order valence-corrected chi connectivity index (χ3v) is 6.64. The number of nitrogens with zero attached hydrogens (tertiary/aromatic N) is 2. The zero-order valence-electron chi connectivity index (χ0n) is 15.4. The van der Waals surface area contributed by atoms with Crippen molar-refractivity contribution in [3.8, 4) is 5.69 Å². The van der Waals surface area contributed by atoms with Gasteiger partial charge in [-0.2, -0.15) is 0 Å². The predicted molar refractivity (Wildman–Crippen MR) is 105 cm³/mol. The molecule has 1 aromatic heterocycles. The smallest absolute Gasteiger partial charge is 0.319 e. The minimum atomic E-state index is -0.465. The molecule has 0 N–H and O–H groups in total. The molecule has 0 bridgehead atoms. The second-order valence-electron chi connectivity index (χ2n) is 6.19. The number of ether oxygens (including phenoxy) is 1. The lowest BCUT2D eigenvalue weighted by Crippen LogP contribution is -2.26. The molecule has 3 rings (SSSR count). The Morgan fingerprint density at radius 2 is 2.11 bits per heavy atom. The van der Waals surface area contributed by atoms with Gasteiger partial charge in [-0.1, -0.05) is 25.6 Å². The van der Waals surface area contributed by atoms with E-state index in [2.05, 4.69) is 0 Å². The number of benzene rings is 1. The first-order valence-electron chi connectivity index (χ1n) is 8.86. The summed E-state index contributed by atoms with van der Waals surface area (Å²) in [6, 6.07) is 5.70. The van der Waals surface area contributed by atoms with Gasteiger partial charge < -0.3 is 4.74 Å². The first-order valence-corrected chi connectivity index (χ1v) is 10.6. The van der Waals surface area contributed by atoms with Gasteiger partial charge in [-0.15, -0.1) is 11.8 Å². The number of aromatic nitrogens is 2. The highest BCUT2D eigenvalue weighted by Gasteiger charge is 2.29. The van der Waals surface area contributed by atoms with Crippen LogP contribution in [0.25, 0.3) is 5.69 Å². The van der Waals surface area contributed by atoms with Crippen LogP contribution in [-0.2, 0) is 16.0 Å². The van der Waals surface area contributed by atoms with Crippen LogP contribution in [0.2, 0.25) is 0 Å². The van der Waals surface area contributed by atoms with Crippen molar-refractivity contribution in [1.82, 2.24) is 9.55 Å². The summed E-state index contributed by atoms with van der Waals surface area (Å²) >= 11 is 2.72. The number of carbonyl (C=O) groups is 1. The van der Waals surface area contributed by atoms with E-state index >= 15 is 0 Å². The van der Waals surface area contributed by atoms with Crippen LogP contribution in [0.5, 0.6) is 0 Å². The molecule has 8 heteroatoms. The molecule has 0 saturated carbocycles. The molecule has 27 heavy (non-hydrogen) atoms. The van der Waals surface area contributed by atoms with E-state index in [1.165, 1.54) is 40.2 Å². The molecule has 1 aliphatic heterocycles. The Morgan fingerprint density at radius 1 is 1.41 bits per heavy atom. The van der Waals surface area contributed by atoms with E-state index in [-0.39, 0.29) is 22.6 Å². The topological polar surface area (TPSA) is 61.2 Å². The third-order valence-electron chi connectivity index (χ3n) is 4.13. The first kappa shape index (κ1) is 19.9. The van der Waals surface area contributed by atoms with Crippen LogP contribution in [0.1, 0.15) is 32.9 Å². The van der Waals surface area contributed by atoms with E-state index in [1.54, 1.807) is 19.1 Å². The van der Waals surface area contributed by atoms with Crippen LogP contribution in [-0.4, -0.2) is 32.6 Å². The Labute approximate surface area is 165 Å². The Kier molecular flexibility index (Phi) is 6.26. The van der Waals surface area contributed by atoms with Crippen molar-refractivity contribution in [3.05, 3.63) is 46.1 Å². The van der Waals surface area contributed by atoms with Crippen LogP contribution >= 0.6 is 23.5 Å². The van der Waals surface area contributed by atoms with E-state index in [0.717, 1.165) is 5.69 Å². The summed E-state index contributed by atoms with van der Waals surface area (Å²) in [5, 5.41) is 0.238. The normalized spacial score (nSPS) is 16.8. The maximum atomic E-state index is 13.4. The van der Waals surface area contributed by atoms with Crippen LogP contribution in [0.4, 0.5) is 4.39 Å². The summed E-state index contributed by atoms with van der Waals surface area (Å²) in [7, 11) is 0. The average molecular weight is 409 g/mol. The van der Waals surface area contributed by atoms with Crippen molar-refractivity contribution in [2.24, 2.45) is 0 Å². The van der Waals surface area contributed by atoms with Gasteiger partial charge in [-0.3, -0.25) is 14.2 Å². The van der Waals surface area contributed by atoms with Gasteiger partial charge in [0.05, 0.1) is 22.9 Å². The molecule has 0 fully saturated rings. The highest BCUT2D eigenvalue weighted by Crippen LogP contribution is 2.36. The zero-order chi connectivity index (χ0) is 19.6. The highest BCUT2D eigenvalue weighted by molar-refractivity contribution is 8.00. The van der Waals surface area contributed by atoms with Crippen LogP contribution in [0.15, 0.2) is 39.1 Å². The number of carbonyl (C=O) groups excluding carboxylic acids is 1. The van der Waals surface area contributed by atoms with Crippen molar-refractivity contribution in [2.45, 2.75) is 54.2 Å². The molecule has 0 spiro atoms. The summed E-state index contributed by atoms with van der Waals surface area (Å²) < 4.78 is 20.0. The lowest BCUT2D eigenvalue weighted by atomic mass is 10.2. The Bertz CT molecular complexity index is 899. The molecule has 144 valence electrons. The number of fused-ring (bicyclic) bond motifs is 1. The van der Waals surface area contributed by atoms with E-state index in [4.69, 9.17) is 9.72 Å². The van der Waals surface area contributed by atoms with Crippen molar-refractivity contribution in [1.29, 1.82) is 0 Å². The van der Waals surface area contributed by atoms with Crippen molar-refractivity contribution >= 4 is 29.5 Å². The third kappa shape index (κ3) is 4.21. The van der Waals surface area contributed by atoms with Crippen LogP contribution in [0.3, 0.4) is 0 Å². The van der Waals surface area contributed by atoms with Gasteiger partial charge in [-0.25, -0.2) is 9.37 Å². The molecule has 2 heterocycles. The van der Waals surface area contributed by atoms with E-state index in [1.807, 2.05) is 13.8 Å². The molecule has 2 atom stereocenters. The van der Waals surface area contributed by atoms with Gasteiger partial charge in [0.25, 0.3) is 5.56 Å². The molecule has 1 aliphatic rings. The summed E-state index contributed by atoms with van der Waals surface area (Å²) in [4.78, 5) is 30.7.